The third-order valence-corrected chi connectivity index (χ3v) is 4.73. The molecular formula is C16H20ClFO. The molecule has 0 heterocycles. The van der Waals surface area contributed by atoms with E-state index in [0.717, 1.165) is 19.3 Å². The Labute approximate surface area is 119 Å². The van der Waals surface area contributed by atoms with Gasteiger partial charge < -0.3 is 0 Å². The van der Waals surface area contributed by atoms with Crippen LogP contribution in [0, 0.1) is 17.2 Å². The molecule has 1 fully saturated rings. The fraction of sp³-hybridized carbons (Fsp3) is 0.562. The van der Waals surface area contributed by atoms with Crippen LogP contribution in [0.2, 0.25) is 0 Å². The summed E-state index contributed by atoms with van der Waals surface area (Å²) in [5, 5.41) is -0.664. The molecule has 3 heteroatoms. The number of Topliss-reactive ketones (excluding diaryl/α,β-unsaturated/α-hetero) is 1. The summed E-state index contributed by atoms with van der Waals surface area (Å²) in [5.41, 5.74) is 0.706. The highest BCUT2D eigenvalue weighted by Crippen LogP contribution is 2.43. The Bertz CT molecular complexity index is 452. The van der Waals surface area contributed by atoms with Gasteiger partial charge in [-0.05, 0) is 36.0 Å². The Morgan fingerprint density at radius 3 is 2.53 bits per heavy atom. The Morgan fingerprint density at radius 1 is 1.32 bits per heavy atom. The van der Waals surface area contributed by atoms with Crippen LogP contribution in [0.4, 0.5) is 4.39 Å². The van der Waals surface area contributed by atoms with E-state index in [1.807, 2.05) is 0 Å². The van der Waals surface area contributed by atoms with Crippen LogP contribution in [0.3, 0.4) is 0 Å². The van der Waals surface area contributed by atoms with Crippen molar-refractivity contribution in [2.45, 2.75) is 44.9 Å². The van der Waals surface area contributed by atoms with Crippen molar-refractivity contribution in [1.29, 1.82) is 0 Å². The van der Waals surface area contributed by atoms with Crippen molar-refractivity contribution < 1.29 is 9.18 Å². The summed E-state index contributed by atoms with van der Waals surface area (Å²) in [6.07, 6.45) is 4.25. The lowest BCUT2D eigenvalue weighted by molar-refractivity contribution is -0.127. The molecule has 2 unspecified atom stereocenters. The first-order valence-electron chi connectivity index (χ1n) is 6.85. The molecule has 104 valence electrons. The fourth-order valence-corrected chi connectivity index (χ4v) is 3.29. The molecule has 2 rings (SSSR count). The van der Waals surface area contributed by atoms with Gasteiger partial charge >= 0.3 is 0 Å². The molecule has 0 aromatic heterocycles. The van der Waals surface area contributed by atoms with Crippen LogP contribution in [0.1, 0.15) is 50.5 Å². The van der Waals surface area contributed by atoms with Crippen molar-refractivity contribution in [2.24, 2.45) is 11.3 Å². The van der Waals surface area contributed by atoms with Crippen molar-refractivity contribution in [3.8, 4) is 0 Å². The second-order valence-electron chi connectivity index (χ2n) is 6.10. The molecule has 0 spiro atoms. The summed E-state index contributed by atoms with van der Waals surface area (Å²) in [7, 11) is 0. The number of alkyl halides is 1. The minimum Gasteiger partial charge on any atom is -0.297 e. The summed E-state index contributed by atoms with van der Waals surface area (Å²) >= 11 is 6.30. The van der Waals surface area contributed by atoms with Gasteiger partial charge in [0, 0.05) is 5.92 Å². The number of hydrogen-bond donors (Lipinski definition) is 0. The highest BCUT2D eigenvalue weighted by molar-refractivity contribution is 6.31. The van der Waals surface area contributed by atoms with E-state index in [0.29, 0.717) is 5.56 Å². The summed E-state index contributed by atoms with van der Waals surface area (Å²) in [4.78, 5) is 12.6. The lowest BCUT2D eigenvalue weighted by Crippen LogP contribution is -2.35. The molecule has 1 aliphatic carbocycles. The molecule has 1 aromatic carbocycles. The number of hydrogen-bond acceptors (Lipinski definition) is 1. The van der Waals surface area contributed by atoms with E-state index in [9.17, 15) is 9.18 Å². The topological polar surface area (TPSA) is 17.1 Å². The van der Waals surface area contributed by atoms with Gasteiger partial charge in [-0.3, -0.25) is 4.79 Å². The lowest BCUT2D eigenvalue weighted by Gasteiger charge is -2.38. The van der Waals surface area contributed by atoms with Crippen molar-refractivity contribution in [2.75, 3.05) is 0 Å². The van der Waals surface area contributed by atoms with Crippen molar-refractivity contribution in [3.63, 3.8) is 0 Å². The highest BCUT2D eigenvalue weighted by Gasteiger charge is 2.39. The Kier molecular flexibility index (Phi) is 4.29. The summed E-state index contributed by atoms with van der Waals surface area (Å²) in [6, 6.07) is 5.90. The van der Waals surface area contributed by atoms with Crippen LogP contribution >= 0.6 is 11.6 Å². The van der Waals surface area contributed by atoms with Gasteiger partial charge in [-0.1, -0.05) is 38.8 Å². The SMILES string of the molecule is CC1(C)CCCCC1C(=O)C(Cl)c1ccc(F)cc1. The molecule has 1 aromatic rings. The number of benzene rings is 1. The molecule has 0 radical (unpaired) electrons. The Morgan fingerprint density at radius 2 is 1.95 bits per heavy atom. The minimum absolute atomic E-state index is 0.00815. The zero-order valence-electron chi connectivity index (χ0n) is 11.5. The van der Waals surface area contributed by atoms with E-state index in [1.165, 1.54) is 18.6 Å². The van der Waals surface area contributed by atoms with Crippen LogP contribution in [-0.2, 0) is 4.79 Å². The molecule has 0 bridgehead atoms. The molecule has 1 nitrogen and oxygen atoms in total. The normalized spacial score (nSPS) is 23.9. The predicted octanol–water partition coefficient (Wildman–Crippen LogP) is 4.89. The second-order valence-corrected chi connectivity index (χ2v) is 6.54. The van der Waals surface area contributed by atoms with Crippen molar-refractivity contribution in [1.82, 2.24) is 0 Å². The molecule has 0 aliphatic heterocycles. The number of carbonyl (C=O) groups excluding carboxylic acids is 1. The maximum absolute atomic E-state index is 12.9. The largest absolute Gasteiger partial charge is 0.297 e. The van der Waals surface area contributed by atoms with Crippen LogP contribution in [-0.4, -0.2) is 5.78 Å². The number of carbonyl (C=O) groups is 1. The van der Waals surface area contributed by atoms with Gasteiger partial charge in [0.1, 0.15) is 11.2 Å². The first kappa shape index (κ1) is 14.5. The fourth-order valence-electron chi connectivity index (χ4n) is 2.99. The van der Waals surface area contributed by atoms with E-state index >= 15 is 0 Å². The average molecular weight is 283 g/mol. The third-order valence-electron chi connectivity index (χ3n) is 4.26. The molecule has 0 saturated heterocycles. The van der Waals surface area contributed by atoms with E-state index in [4.69, 9.17) is 11.6 Å². The Hall–Kier alpha value is -0.890. The van der Waals surface area contributed by atoms with Crippen LogP contribution in [0.15, 0.2) is 24.3 Å². The first-order chi connectivity index (χ1) is 8.92. The molecule has 1 aliphatic rings. The van der Waals surface area contributed by atoms with Crippen molar-refractivity contribution >= 4 is 17.4 Å². The summed E-state index contributed by atoms with van der Waals surface area (Å²) in [5.74, 6) is -0.218. The van der Waals surface area contributed by atoms with Crippen LogP contribution < -0.4 is 0 Å². The van der Waals surface area contributed by atoms with E-state index in [-0.39, 0.29) is 22.9 Å². The number of halogens is 2. The van der Waals surface area contributed by atoms with E-state index in [2.05, 4.69) is 13.8 Å². The van der Waals surface area contributed by atoms with Gasteiger partial charge in [-0.15, -0.1) is 11.6 Å². The van der Waals surface area contributed by atoms with Gasteiger partial charge in [0.15, 0.2) is 5.78 Å². The number of rotatable bonds is 3. The van der Waals surface area contributed by atoms with Gasteiger partial charge in [0.2, 0.25) is 0 Å². The molecular weight excluding hydrogens is 263 g/mol. The zero-order valence-corrected chi connectivity index (χ0v) is 12.2. The zero-order chi connectivity index (χ0) is 14.0. The molecule has 0 amide bonds. The van der Waals surface area contributed by atoms with E-state index in [1.54, 1.807) is 12.1 Å². The second kappa shape index (κ2) is 5.62. The average Bonchev–Trinajstić information content (AvgIpc) is 2.37. The van der Waals surface area contributed by atoms with E-state index < -0.39 is 5.38 Å². The summed E-state index contributed by atoms with van der Waals surface area (Å²) < 4.78 is 12.9. The maximum atomic E-state index is 12.9. The predicted molar refractivity (Wildman–Crippen MR) is 75.7 cm³/mol. The van der Waals surface area contributed by atoms with Gasteiger partial charge in [0.25, 0.3) is 0 Å². The van der Waals surface area contributed by atoms with Crippen LogP contribution in [0.5, 0.6) is 0 Å². The van der Waals surface area contributed by atoms with Gasteiger partial charge in [-0.25, -0.2) is 4.39 Å². The van der Waals surface area contributed by atoms with Crippen molar-refractivity contribution in [3.05, 3.63) is 35.6 Å². The van der Waals surface area contributed by atoms with Crippen LogP contribution in [0.25, 0.3) is 0 Å². The molecule has 19 heavy (non-hydrogen) atoms. The minimum atomic E-state index is -0.664. The summed E-state index contributed by atoms with van der Waals surface area (Å²) in [6.45, 7) is 4.28. The quantitative estimate of drug-likeness (QED) is 0.721. The highest BCUT2D eigenvalue weighted by atomic mass is 35.5. The molecule has 0 N–H and O–H groups in total. The van der Waals surface area contributed by atoms with Gasteiger partial charge in [-0.2, -0.15) is 0 Å². The smallest absolute Gasteiger partial charge is 0.158 e. The maximum Gasteiger partial charge on any atom is 0.158 e. The van der Waals surface area contributed by atoms with Gasteiger partial charge in [0.05, 0.1) is 0 Å². The first-order valence-corrected chi connectivity index (χ1v) is 7.29. The third kappa shape index (κ3) is 3.17. The molecule has 2 atom stereocenters. The lowest BCUT2D eigenvalue weighted by atomic mass is 9.66. The standard InChI is InChI=1S/C16H20ClFO/c1-16(2)10-4-3-5-13(16)15(19)14(17)11-6-8-12(18)9-7-11/h6-9,13-14H,3-5,10H2,1-2H3. The Balaban J connectivity index is 2.16. The monoisotopic (exact) mass is 282 g/mol. The molecule has 1 saturated carbocycles. The number of ketones is 1.